The van der Waals surface area contributed by atoms with E-state index in [1.807, 2.05) is 11.3 Å². The summed E-state index contributed by atoms with van der Waals surface area (Å²) in [6.45, 7) is 7.22. The van der Waals surface area contributed by atoms with Crippen molar-refractivity contribution in [1.82, 2.24) is 14.8 Å². The molecule has 2 aromatic carbocycles. The van der Waals surface area contributed by atoms with Crippen molar-refractivity contribution < 1.29 is 9.90 Å². The third kappa shape index (κ3) is 6.76. The zero-order chi connectivity index (χ0) is 28.2. The number of hydrogen-bond acceptors (Lipinski definition) is 5. The van der Waals surface area contributed by atoms with E-state index in [1.54, 1.807) is 0 Å². The second kappa shape index (κ2) is 13.2. The fraction of sp³-hybridized carbons (Fsp3) is 0.543. The zero-order valence-corrected chi connectivity index (χ0v) is 25.3. The molecule has 3 aliphatic rings. The molecule has 5 nitrogen and oxygen atoms in total. The number of carboxylic acid groups (broad SMARTS) is 1. The summed E-state index contributed by atoms with van der Waals surface area (Å²) in [6.07, 6.45) is 9.01. The zero-order valence-electron chi connectivity index (χ0n) is 24.5. The molecule has 41 heavy (non-hydrogen) atoms. The number of aryl methyl sites for hydroxylation is 1. The van der Waals surface area contributed by atoms with Crippen molar-refractivity contribution in [2.75, 3.05) is 32.7 Å². The van der Waals surface area contributed by atoms with Gasteiger partial charge in [-0.15, -0.1) is 11.3 Å². The summed E-state index contributed by atoms with van der Waals surface area (Å²) in [5.74, 6) is 1.13. The molecule has 3 aromatic rings. The monoisotopic (exact) mass is 571 g/mol. The van der Waals surface area contributed by atoms with Crippen LogP contribution in [0.25, 0.3) is 0 Å². The molecule has 6 heteroatoms. The highest BCUT2D eigenvalue weighted by Gasteiger charge is 2.43. The maximum atomic E-state index is 12.6. The van der Waals surface area contributed by atoms with Crippen LogP contribution in [0, 0.1) is 18.8 Å². The van der Waals surface area contributed by atoms with E-state index in [0.29, 0.717) is 23.7 Å². The predicted molar refractivity (Wildman–Crippen MR) is 167 cm³/mol. The molecule has 1 aliphatic carbocycles. The van der Waals surface area contributed by atoms with Gasteiger partial charge in [-0.25, -0.2) is 4.98 Å². The Morgan fingerprint density at radius 2 is 1.63 bits per heavy atom. The third-order valence-electron chi connectivity index (χ3n) is 9.97. The molecule has 1 aromatic heterocycles. The first-order valence-electron chi connectivity index (χ1n) is 15.8. The minimum atomic E-state index is -0.614. The molecule has 1 saturated carbocycles. The van der Waals surface area contributed by atoms with Crippen molar-refractivity contribution in [3.63, 3.8) is 0 Å². The number of nitrogens with zero attached hydrogens (tertiary/aromatic N) is 3. The van der Waals surface area contributed by atoms with Gasteiger partial charge in [-0.05, 0) is 74.6 Å². The molecule has 3 heterocycles. The van der Waals surface area contributed by atoms with Gasteiger partial charge in [0.15, 0.2) is 0 Å². The number of thiazole rings is 1. The molecule has 0 spiro atoms. The first kappa shape index (κ1) is 28.6. The van der Waals surface area contributed by atoms with Crippen molar-refractivity contribution in [1.29, 1.82) is 0 Å². The van der Waals surface area contributed by atoms with Gasteiger partial charge in [0.25, 0.3) is 0 Å². The van der Waals surface area contributed by atoms with E-state index in [4.69, 9.17) is 4.98 Å². The fourth-order valence-electron chi connectivity index (χ4n) is 7.90. The number of rotatable bonds is 9. The summed E-state index contributed by atoms with van der Waals surface area (Å²) in [5.41, 5.74) is 3.92. The maximum Gasteiger partial charge on any atom is 0.321 e. The molecule has 0 radical (unpaired) electrons. The van der Waals surface area contributed by atoms with Gasteiger partial charge < -0.3 is 10.0 Å². The lowest BCUT2D eigenvalue weighted by molar-refractivity contribution is -0.145. The molecule has 0 bridgehead atoms. The van der Waals surface area contributed by atoms with E-state index < -0.39 is 5.97 Å². The summed E-state index contributed by atoms with van der Waals surface area (Å²) in [5, 5.41) is 11.6. The average molecular weight is 572 g/mol. The number of aromatic nitrogens is 1. The van der Waals surface area contributed by atoms with Gasteiger partial charge in [0.05, 0.1) is 10.7 Å². The minimum Gasteiger partial charge on any atom is -0.480 e. The van der Waals surface area contributed by atoms with Gasteiger partial charge in [0, 0.05) is 36.9 Å². The van der Waals surface area contributed by atoms with Crippen LogP contribution in [0.5, 0.6) is 0 Å². The number of likely N-dealkylation sites (tertiary alicyclic amines) is 2. The van der Waals surface area contributed by atoms with E-state index >= 15 is 0 Å². The molecule has 1 N–H and O–H groups in total. The lowest BCUT2D eigenvalue weighted by atomic mass is 9.83. The van der Waals surface area contributed by atoms with Crippen LogP contribution in [0.3, 0.4) is 0 Å². The van der Waals surface area contributed by atoms with E-state index in [9.17, 15) is 9.90 Å². The van der Waals surface area contributed by atoms with Crippen molar-refractivity contribution in [3.8, 4) is 0 Å². The number of hydrogen-bond donors (Lipinski definition) is 1. The SMILES string of the molecule is Cc1nc(Cc2ccccc2)sc1C1CCN(C[C@H]2CN([C@@H](C(=O)O)C3CCCCC3)C[C@@H]2c2ccccc2)CC1. The Morgan fingerprint density at radius 1 is 0.951 bits per heavy atom. The summed E-state index contributed by atoms with van der Waals surface area (Å²) in [4.78, 5) is 24.0. The number of carboxylic acids is 1. The highest BCUT2D eigenvalue weighted by atomic mass is 32.1. The molecule has 6 rings (SSSR count). The van der Waals surface area contributed by atoms with Crippen LogP contribution in [0.15, 0.2) is 60.7 Å². The first-order chi connectivity index (χ1) is 20.0. The van der Waals surface area contributed by atoms with Crippen LogP contribution >= 0.6 is 11.3 Å². The minimum absolute atomic E-state index is 0.293. The Balaban J connectivity index is 1.11. The maximum absolute atomic E-state index is 12.6. The second-order valence-electron chi connectivity index (χ2n) is 12.7. The average Bonchev–Trinajstić information content (AvgIpc) is 3.57. The summed E-state index contributed by atoms with van der Waals surface area (Å²) >= 11 is 1.92. The van der Waals surface area contributed by atoms with Crippen molar-refractivity contribution in [3.05, 3.63) is 87.4 Å². The van der Waals surface area contributed by atoms with Gasteiger partial charge >= 0.3 is 5.97 Å². The molecular formula is C35H45N3O2S. The van der Waals surface area contributed by atoms with Crippen LogP contribution in [-0.4, -0.2) is 64.6 Å². The largest absolute Gasteiger partial charge is 0.480 e. The first-order valence-corrected chi connectivity index (χ1v) is 16.6. The van der Waals surface area contributed by atoms with E-state index in [1.165, 1.54) is 58.8 Å². The van der Waals surface area contributed by atoms with Crippen LogP contribution in [0.4, 0.5) is 0 Å². The van der Waals surface area contributed by atoms with E-state index in [0.717, 1.165) is 52.0 Å². The van der Waals surface area contributed by atoms with Gasteiger partial charge in [-0.3, -0.25) is 9.69 Å². The molecule has 0 amide bonds. The van der Waals surface area contributed by atoms with Crippen molar-refractivity contribution in [2.45, 2.75) is 76.2 Å². The lowest BCUT2D eigenvalue weighted by Gasteiger charge is -2.35. The van der Waals surface area contributed by atoms with Gasteiger partial charge in [0.1, 0.15) is 6.04 Å². The summed E-state index contributed by atoms with van der Waals surface area (Å²) in [6, 6.07) is 21.2. The molecule has 0 unspecified atom stereocenters. The Labute approximate surface area is 249 Å². The Kier molecular flexibility index (Phi) is 9.19. The van der Waals surface area contributed by atoms with E-state index in [2.05, 4.69) is 77.4 Å². The van der Waals surface area contributed by atoms with Crippen molar-refractivity contribution in [2.24, 2.45) is 11.8 Å². The van der Waals surface area contributed by atoms with Crippen LogP contribution in [0.1, 0.15) is 83.5 Å². The number of aliphatic carboxylic acids is 1. The highest BCUT2D eigenvalue weighted by molar-refractivity contribution is 7.11. The molecular weight excluding hydrogens is 526 g/mol. The summed E-state index contributed by atoms with van der Waals surface area (Å²) < 4.78 is 0. The fourth-order valence-corrected chi connectivity index (χ4v) is 9.17. The second-order valence-corrected chi connectivity index (χ2v) is 13.8. The Hall–Kier alpha value is -2.54. The van der Waals surface area contributed by atoms with Gasteiger partial charge in [-0.1, -0.05) is 79.9 Å². The molecule has 218 valence electrons. The van der Waals surface area contributed by atoms with Crippen molar-refractivity contribution >= 4 is 17.3 Å². The molecule has 3 atom stereocenters. The Morgan fingerprint density at radius 3 is 2.32 bits per heavy atom. The topological polar surface area (TPSA) is 56.7 Å². The van der Waals surface area contributed by atoms with Gasteiger partial charge in [0.2, 0.25) is 0 Å². The van der Waals surface area contributed by atoms with Crippen LogP contribution in [-0.2, 0) is 11.2 Å². The smallest absolute Gasteiger partial charge is 0.321 e. The van der Waals surface area contributed by atoms with Crippen LogP contribution in [0.2, 0.25) is 0 Å². The van der Waals surface area contributed by atoms with E-state index in [-0.39, 0.29) is 6.04 Å². The number of carbonyl (C=O) groups is 1. The highest BCUT2D eigenvalue weighted by Crippen LogP contribution is 2.40. The predicted octanol–water partition coefficient (Wildman–Crippen LogP) is 6.97. The van der Waals surface area contributed by atoms with Crippen LogP contribution < -0.4 is 0 Å². The third-order valence-corrected chi connectivity index (χ3v) is 11.3. The number of benzene rings is 2. The summed E-state index contributed by atoms with van der Waals surface area (Å²) in [7, 11) is 0. The Bertz CT molecular complexity index is 1270. The normalized spacial score (nSPS) is 24.0. The standard InChI is InChI=1S/C35H45N3O2S/c1-25-34(41-32(36-25)21-26-11-5-2-6-12-26)29-17-19-37(20-18-29)22-30-23-38(24-31(30)27-13-7-3-8-14-27)33(35(39)40)28-15-9-4-10-16-28/h2-3,5-8,11-14,28-31,33H,4,9-10,15-24H2,1H3,(H,39,40)/t30-,31+,33+/m0/s1. The molecule has 2 saturated heterocycles. The molecule has 2 aliphatic heterocycles. The quantitative estimate of drug-likeness (QED) is 0.301. The number of piperidine rings is 1. The molecule has 3 fully saturated rings. The lowest BCUT2D eigenvalue weighted by Crippen LogP contribution is -2.46. The van der Waals surface area contributed by atoms with Gasteiger partial charge in [-0.2, -0.15) is 0 Å².